The average Bonchev–Trinajstić information content (AvgIpc) is 3.20. The van der Waals surface area contributed by atoms with Gasteiger partial charge in [-0.3, -0.25) is 0 Å². The number of imidazole rings is 1. The Hall–Kier alpha value is -2.57. The zero-order chi connectivity index (χ0) is 19.9. The Morgan fingerprint density at radius 3 is 2.79 bits per heavy atom. The largest absolute Gasteiger partial charge is 0.454 e. The Balaban J connectivity index is 1.71. The van der Waals surface area contributed by atoms with E-state index in [0.717, 1.165) is 16.7 Å². The van der Waals surface area contributed by atoms with Crippen LogP contribution in [0.5, 0.6) is 11.5 Å². The molecule has 0 radical (unpaired) electrons. The molecule has 0 saturated carbocycles. The van der Waals surface area contributed by atoms with Crippen molar-refractivity contribution >= 4 is 38.8 Å². The molecule has 2 aromatic heterocycles. The molecule has 3 N–H and O–H groups in total. The van der Waals surface area contributed by atoms with Crippen LogP contribution in [-0.4, -0.2) is 47.5 Å². The van der Waals surface area contributed by atoms with Gasteiger partial charge in [0.2, 0.25) is 16.8 Å². The molecule has 0 aliphatic carbocycles. The van der Waals surface area contributed by atoms with E-state index in [-0.39, 0.29) is 19.2 Å². The zero-order valence-corrected chi connectivity index (χ0v) is 16.8. The average molecular weight is 422 g/mol. The van der Waals surface area contributed by atoms with Crippen molar-refractivity contribution in [3.8, 4) is 11.5 Å². The van der Waals surface area contributed by atoms with Gasteiger partial charge in [0.1, 0.15) is 6.33 Å². The number of nitrogens with one attached hydrogen (secondary N) is 1. The van der Waals surface area contributed by atoms with Crippen LogP contribution < -0.4 is 19.9 Å². The first kappa shape index (κ1) is 18.8. The van der Waals surface area contributed by atoms with Crippen LogP contribution in [0.2, 0.25) is 0 Å². The number of ether oxygens (including phenoxy) is 2. The molecule has 0 bridgehead atoms. The Bertz CT molecular complexity index is 1160. The van der Waals surface area contributed by atoms with Crippen LogP contribution in [0.1, 0.15) is 5.56 Å². The first-order chi connectivity index (χ1) is 13.3. The van der Waals surface area contributed by atoms with Crippen LogP contribution in [0.3, 0.4) is 0 Å². The van der Waals surface area contributed by atoms with Gasteiger partial charge in [0, 0.05) is 18.0 Å². The molecule has 0 amide bonds. The number of hydrogen-bond donors (Lipinski definition) is 2. The minimum atomic E-state index is -3.30. The SMILES string of the molecule is Cc1cc2c(cc1Sc1nc3c(N)ncnc3n1CCNS(C)(=O)=O)OCO2. The minimum absolute atomic E-state index is 0.196. The van der Waals surface area contributed by atoms with E-state index in [1.165, 1.54) is 18.1 Å². The van der Waals surface area contributed by atoms with E-state index in [0.29, 0.717) is 34.4 Å². The number of nitrogens with zero attached hydrogens (tertiary/aromatic N) is 4. The highest BCUT2D eigenvalue weighted by Crippen LogP contribution is 2.40. The second-order valence-electron chi connectivity index (χ2n) is 6.22. The lowest BCUT2D eigenvalue weighted by molar-refractivity contribution is 0.174. The van der Waals surface area contributed by atoms with E-state index in [4.69, 9.17) is 15.2 Å². The first-order valence-electron chi connectivity index (χ1n) is 8.31. The summed E-state index contributed by atoms with van der Waals surface area (Å²) in [5.41, 5.74) is 7.97. The van der Waals surface area contributed by atoms with Gasteiger partial charge in [0.05, 0.1) is 6.26 Å². The number of fused-ring (bicyclic) bond motifs is 2. The highest BCUT2D eigenvalue weighted by atomic mass is 32.2. The molecule has 0 unspecified atom stereocenters. The molecule has 1 aliphatic heterocycles. The number of nitrogen functional groups attached to an aromatic ring is 1. The van der Waals surface area contributed by atoms with E-state index in [1.54, 1.807) is 0 Å². The smallest absolute Gasteiger partial charge is 0.231 e. The first-order valence-corrected chi connectivity index (χ1v) is 11.0. The van der Waals surface area contributed by atoms with Gasteiger partial charge in [-0.15, -0.1) is 0 Å². The van der Waals surface area contributed by atoms with Crippen LogP contribution in [0, 0.1) is 6.92 Å². The summed E-state index contributed by atoms with van der Waals surface area (Å²) < 4.78 is 38.0. The van der Waals surface area contributed by atoms with Crippen molar-refractivity contribution in [3.63, 3.8) is 0 Å². The van der Waals surface area contributed by atoms with E-state index in [1.807, 2.05) is 23.6 Å². The molecular formula is C16H18N6O4S2. The van der Waals surface area contributed by atoms with Gasteiger partial charge in [0.15, 0.2) is 33.6 Å². The third-order valence-electron chi connectivity index (χ3n) is 4.10. The highest BCUT2D eigenvalue weighted by molar-refractivity contribution is 7.99. The number of benzene rings is 1. The van der Waals surface area contributed by atoms with Crippen LogP contribution in [0.15, 0.2) is 28.5 Å². The number of aryl methyl sites for hydroxylation is 1. The lowest BCUT2D eigenvalue weighted by Gasteiger charge is -2.10. The summed E-state index contributed by atoms with van der Waals surface area (Å²) >= 11 is 1.41. The molecule has 1 aromatic carbocycles. The fraction of sp³-hybridized carbons (Fsp3) is 0.312. The number of hydrogen-bond acceptors (Lipinski definition) is 9. The quantitative estimate of drug-likeness (QED) is 0.600. The van der Waals surface area contributed by atoms with Gasteiger partial charge in [-0.05, 0) is 24.6 Å². The van der Waals surface area contributed by atoms with Crippen molar-refractivity contribution in [2.24, 2.45) is 0 Å². The third kappa shape index (κ3) is 3.70. The standard InChI is InChI=1S/C16H18N6O4S2/c1-9-5-10-11(26-8-25-10)6-12(9)27-16-21-13-14(17)18-7-19-15(13)22(16)4-3-20-28(2,23)24/h5-7,20H,3-4,8H2,1-2H3,(H2,17,18,19). The normalized spacial score (nSPS) is 13.4. The van der Waals surface area contributed by atoms with E-state index < -0.39 is 10.0 Å². The summed E-state index contributed by atoms with van der Waals surface area (Å²) in [5, 5.41) is 0.625. The fourth-order valence-corrected chi connectivity index (χ4v) is 4.26. The van der Waals surface area contributed by atoms with Crippen molar-refractivity contribution < 1.29 is 17.9 Å². The molecule has 10 nitrogen and oxygen atoms in total. The Kier molecular flexibility index (Phi) is 4.77. The predicted molar refractivity (Wildman–Crippen MR) is 104 cm³/mol. The second-order valence-corrected chi connectivity index (χ2v) is 9.06. The number of anilines is 1. The molecule has 148 valence electrons. The molecule has 4 rings (SSSR count). The number of nitrogens with two attached hydrogens (primary N) is 1. The maximum Gasteiger partial charge on any atom is 0.231 e. The predicted octanol–water partition coefficient (Wildman–Crippen LogP) is 1.15. The molecule has 0 atom stereocenters. The monoisotopic (exact) mass is 422 g/mol. The van der Waals surface area contributed by atoms with Gasteiger partial charge in [0.25, 0.3) is 0 Å². The topological polar surface area (TPSA) is 134 Å². The van der Waals surface area contributed by atoms with Crippen LogP contribution in [0.25, 0.3) is 11.2 Å². The molecule has 3 heterocycles. The molecule has 12 heteroatoms. The lowest BCUT2D eigenvalue weighted by atomic mass is 10.2. The molecule has 1 aliphatic rings. The molecule has 0 spiro atoms. The third-order valence-corrected chi connectivity index (χ3v) is 5.98. The number of aromatic nitrogens is 4. The maximum atomic E-state index is 11.4. The van der Waals surface area contributed by atoms with Crippen molar-refractivity contribution in [2.45, 2.75) is 23.5 Å². The summed E-state index contributed by atoms with van der Waals surface area (Å²) in [4.78, 5) is 13.8. The molecule has 0 fully saturated rings. The van der Waals surface area contributed by atoms with Crippen LogP contribution in [-0.2, 0) is 16.6 Å². The van der Waals surface area contributed by atoms with Gasteiger partial charge in [-0.2, -0.15) is 0 Å². The number of sulfonamides is 1. The summed E-state index contributed by atoms with van der Waals surface area (Å²) in [6, 6.07) is 3.81. The summed E-state index contributed by atoms with van der Waals surface area (Å²) in [7, 11) is -3.30. The van der Waals surface area contributed by atoms with Crippen molar-refractivity contribution in [1.82, 2.24) is 24.2 Å². The fourth-order valence-electron chi connectivity index (χ4n) is 2.79. The van der Waals surface area contributed by atoms with Crippen molar-refractivity contribution in [2.75, 3.05) is 25.3 Å². The van der Waals surface area contributed by atoms with E-state index in [9.17, 15) is 8.42 Å². The Morgan fingerprint density at radius 2 is 2.04 bits per heavy atom. The zero-order valence-electron chi connectivity index (χ0n) is 15.2. The molecule has 28 heavy (non-hydrogen) atoms. The molecule has 3 aromatic rings. The van der Waals surface area contributed by atoms with Gasteiger partial charge < -0.3 is 19.8 Å². The highest BCUT2D eigenvalue weighted by Gasteiger charge is 2.20. The maximum absolute atomic E-state index is 11.4. The van der Waals surface area contributed by atoms with E-state index in [2.05, 4.69) is 19.7 Å². The molecular weight excluding hydrogens is 404 g/mol. The minimum Gasteiger partial charge on any atom is -0.454 e. The summed E-state index contributed by atoms with van der Waals surface area (Å²) in [5.74, 6) is 1.65. The lowest BCUT2D eigenvalue weighted by Crippen LogP contribution is -2.26. The van der Waals surface area contributed by atoms with Gasteiger partial charge >= 0.3 is 0 Å². The Labute approximate surface area is 165 Å². The summed E-state index contributed by atoms with van der Waals surface area (Å²) in [6.07, 6.45) is 2.48. The molecule has 0 saturated heterocycles. The van der Waals surface area contributed by atoms with Crippen molar-refractivity contribution in [3.05, 3.63) is 24.0 Å². The van der Waals surface area contributed by atoms with Crippen LogP contribution >= 0.6 is 11.8 Å². The number of rotatable bonds is 6. The Morgan fingerprint density at radius 1 is 1.29 bits per heavy atom. The second kappa shape index (κ2) is 7.11. The van der Waals surface area contributed by atoms with E-state index >= 15 is 0 Å². The van der Waals surface area contributed by atoms with Gasteiger partial charge in [-0.1, -0.05) is 11.8 Å². The van der Waals surface area contributed by atoms with Gasteiger partial charge in [-0.25, -0.2) is 28.1 Å². The van der Waals surface area contributed by atoms with Crippen molar-refractivity contribution in [1.29, 1.82) is 0 Å². The van der Waals surface area contributed by atoms with Crippen LogP contribution in [0.4, 0.5) is 5.82 Å². The summed E-state index contributed by atoms with van der Waals surface area (Å²) in [6.45, 7) is 2.70.